The largest absolute Gasteiger partial charge is 0.363 e. The van der Waals surface area contributed by atoms with E-state index in [0.717, 1.165) is 20.3 Å². The van der Waals surface area contributed by atoms with Gasteiger partial charge in [-0.3, -0.25) is 0 Å². The molecule has 2 aromatic rings. The lowest BCUT2D eigenvalue weighted by Gasteiger charge is -1.94. The molecule has 0 aliphatic carbocycles. The van der Waals surface area contributed by atoms with Crippen molar-refractivity contribution in [3.8, 4) is 10.6 Å². The second-order valence-electron chi connectivity index (χ2n) is 2.53. The van der Waals surface area contributed by atoms with Crippen molar-refractivity contribution in [1.29, 1.82) is 0 Å². The van der Waals surface area contributed by atoms with Crippen molar-refractivity contribution in [3.63, 3.8) is 0 Å². The van der Waals surface area contributed by atoms with E-state index in [1.807, 2.05) is 19.2 Å². The van der Waals surface area contributed by atoms with Crippen molar-refractivity contribution in [3.05, 3.63) is 22.9 Å². The number of nitrogens with one attached hydrogen (secondary N) is 1. The molecule has 14 heavy (non-hydrogen) atoms. The summed E-state index contributed by atoms with van der Waals surface area (Å²) in [6.07, 6.45) is 1.74. The molecule has 0 aliphatic heterocycles. The van der Waals surface area contributed by atoms with Crippen LogP contribution in [0.3, 0.4) is 0 Å². The molecule has 0 atom stereocenters. The molecule has 0 bridgehead atoms. The van der Waals surface area contributed by atoms with Crippen LogP contribution < -0.4 is 5.32 Å². The molecule has 0 aromatic carbocycles. The van der Waals surface area contributed by atoms with Gasteiger partial charge in [0.25, 0.3) is 0 Å². The SMILES string of the molecule is CNc1nnc(-c2ccnc(Br)c2)s1. The number of nitrogens with zero attached hydrogens (tertiary/aromatic N) is 3. The molecule has 0 saturated heterocycles. The number of halogens is 1. The van der Waals surface area contributed by atoms with Gasteiger partial charge >= 0.3 is 0 Å². The van der Waals surface area contributed by atoms with Crippen LogP contribution in [0.2, 0.25) is 0 Å². The topological polar surface area (TPSA) is 50.7 Å². The first-order valence-electron chi connectivity index (χ1n) is 3.93. The molecule has 0 fully saturated rings. The summed E-state index contributed by atoms with van der Waals surface area (Å²) in [5.74, 6) is 0. The van der Waals surface area contributed by atoms with Gasteiger partial charge in [-0.15, -0.1) is 10.2 Å². The average molecular weight is 271 g/mol. The van der Waals surface area contributed by atoms with Crippen molar-refractivity contribution >= 4 is 32.4 Å². The van der Waals surface area contributed by atoms with E-state index >= 15 is 0 Å². The monoisotopic (exact) mass is 270 g/mol. The molecule has 6 heteroatoms. The van der Waals surface area contributed by atoms with E-state index in [9.17, 15) is 0 Å². The van der Waals surface area contributed by atoms with E-state index < -0.39 is 0 Å². The van der Waals surface area contributed by atoms with Crippen LogP contribution in [0.1, 0.15) is 0 Å². The molecule has 2 rings (SSSR count). The minimum absolute atomic E-state index is 0.802. The summed E-state index contributed by atoms with van der Waals surface area (Å²) in [6.45, 7) is 0. The predicted molar refractivity (Wildman–Crippen MR) is 60.4 cm³/mol. The van der Waals surface area contributed by atoms with Gasteiger partial charge in [0.05, 0.1) is 0 Å². The summed E-state index contributed by atoms with van der Waals surface area (Å²) < 4.78 is 0.802. The first-order chi connectivity index (χ1) is 6.79. The lowest BCUT2D eigenvalue weighted by Crippen LogP contribution is -1.84. The number of pyridine rings is 1. The summed E-state index contributed by atoms with van der Waals surface area (Å²) in [6, 6.07) is 3.82. The van der Waals surface area contributed by atoms with Gasteiger partial charge in [0.1, 0.15) is 9.61 Å². The highest BCUT2D eigenvalue weighted by molar-refractivity contribution is 9.10. The standard InChI is InChI=1S/C8H7BrN4S/c1-10-8-13-12-7(14-8)5-2-3-11-6(9)4-5/h2-4H,1H3,(H,10,13). The maximum Gasteiger partial charge on any atom is 0.205 e. The van der Waals surface area contributed by atoms with E-state index in [4.69, 9.17) is 0 Å². The number of rotatable bonds is 2. The average Bonchev–Trinajstić information content (AvgIpc) is 2.66. The molecule has 0 spiro atoms. The maximum atomic E-state index is 4.06. The summed E-state index contributed by atoms with van der Waals surface area (Å²) in [5.41, 5.74) is 1.02. The molecule has 0 amide bonds. The molecule has 2 aromatic heterocycles. The van der Waals surface area contributed by atoms with Crippen LogP contribution in [0.4, 0.5) is 5.13 Å². The number of aromatic nitrogens is 3. The van der Waals surface area contributed by atoms with Gasteiger partial charge in [-0.1, -0.05) is 11.3 Å². The molecule has 0 saturated carbocycles. The summed E-state index contributed by atoms with van der Waals surface area (Å²) in [4.78, 5) is 4.05. The molecular formula is C8H7BrN4S. The zero-order valence-electron chi connectivity index (χ0n) is 7.36. The van der Waals surface area contributed by atoms with Crippen molar-refractivity contribution < 1.29 is 0 Å². The fraction of sp³-hybridized carbons (Fsp3) is 0.125. The van der Waals surface area contributed by atoms with Gasteiger partial charge in [-0.25, -0.2) is 4.98 Å². The van der Waals surface area contributed by atoms with Crippen molar-refractivity contribution in [1.82, 2.24) is 15.2 Å². The quantitative estimate of drug-likeness (QED) is 0.852. The second-order valence-corrected chi connectivity index (χ2v) is 4.32. The molecule has 0 aliphatic rings. The third-order valence-electron chi connectivity index (χ3n) is 1.61. The highest BCUT2D eigenvalue weighted by atomic mass is 79.9. The van der Waals surface area contributed by atoms with Crippen molar-refractivity contribution in [2.75, 3.05) is 12.4 Å². The molecule has 1 N–H and O–H groups in total. The Morgan fingerprint density at radius 3 is 2.93 bits per heavy atom. The highest BCUT2D eigenvalue weighted by Gasteiger charge is 2.05. The zero-order chi connectivity index (χ0) is 9.97. The van der Waals surface area contributed by atoms with Crippen LogP contribution in [0.5, 0.6) is 0 Å². The smallest absolute Gasteiger partial charge is 0.205 e. The highest BCUT2D eigenvalue weighted by Crippen LogP contribution is 2.26. The third-order valence-corrected chi connectivity index (χ3v) is 3.04. The third kappa shape index (κ3) is 1.91. The van der Waals surface area contributed by atoms with Gasteiger partial charge in [0.15, 0.2) is 0 Å². The summed E-state index contributed by atoms with van der Waals surface area (Å²) in [5, 5.41) is 12.7. The number of hydrogen-bond donors (Lipinski definition) is 1. The fourth-order valence-corrected chi connectivity index (χ4v) is 2.03. The van der Waals surface area contributed by atoms with Crippen LogP contribution in [0.25, 0.3) is 10.6 Å². The fourth-order valence-electron chi connectivity index (χ4n) is 0.976. The lowest BCUT2D eigenvalue weighted by molar-refractivity contribution is 1.09. The Labute approximate surface area is 93.5 Å². The van der Waals surface area contributed by atoms with Crippen LogP contribution >= 0.6 is 27.3 Å². The molecule has 4 nitrogen and oxygen atoms in total. The molecule has 2 heterocycles. The van der Waals surface area contributed by atoms with Gasteiger partial charge in [0.2, 0.25) is 5.13 Å². The maximum absolute atomic E-state index is 4.06. The van der Waals surface area contributed by atoms with E-state index in [0.29, 0.717) is 0 Å². The normalized spacial score (nSPS) is 10.1. The van der Waals surface area contributed by atoms with Gasteiger partial charge in [0, 0.05) is 18.8 Å². The van der Waals surface area contributed by atoms with E-state index in [1.165, 1.54) is 11.3 Å². The number of hydrogen-bond acceptors (Lipinski definition) is 5. The Bertz CT molecular complexity index is 442. The first kappa shape index (κ1) is 9.54. The molecule has 0 radical (unpaired) electrons. The van der Waals surface area contributed by atoms with E-state index in [2.05, 4.69) is 36.4 Å². The van der Waals surface area contributed by atoms with E-state index in [1.54, 1.807) is 6.20 Å². The summed E-state index contributed by atoms with van der Waals surface area (Å²) >= 11 is 4.83. The van der Waals surface area contributed by atoms with Crippen LogP contribution in [-0.2, 0) is 0 Å². The second kappa shape index (κ2) is 4.02. The minimum Gasteiger partial charge on any atom is -0.363 e. The lowest BCUT2D eigenvalue weighted by atomic mass is 10.3. The van der Waals surface area contributed by atoms with Crippen molar-refractivity contribution in [2.24, 2.45) is 0 Å². The van der Waals surface area contributed by atoms with Crippen LogP contribution in [0.15, 0.2) is 22.9 Å². The Balaban J connectivity index is 2.39. The minimum atomic E-state index is 0.802. The molecular weight excluding hydrogens is 264 g/mol. The van der Waals surface area contributed by atoms with Crippen LogP contribution in [-0.4, -0.2) is 22.2 Å². The van der Waals surface area contributed by atoms with E-state index in [-0.39, 0.29) is 0 Å². The first-order valence-corrected chi connectivity index (χ1v) is 5.54. The molecule has 0 unspecified atom stereocenters. The summed E-state index contributed by atoms with van der Waals surface area (Å²) in [7, 11) is 1.83. The Kier molecular flexibility index (Phi) is 2.74. The van der Waals surface area contributed by atoms with Crippen LogP contribution in [0, 0.1) is 0 Å². The van der Waals surface area contributed by atoms with Gasteiger partial charge in [-0.2, -0.15) is 0 Å². The van der Waals surface area contributed by atoms with Crippen molar-refractivity contribution in [2.45, 2.75) is 0 Å². The number of anilines is 1. The molecule has 72 valence electrons. The zero-order valence-corrected chi connectivity index (χ0v) is 9.76. The Hall–Kier alpha value is -1.01. The Morgan fingerprint density at radius 2 is 2.29 bits per heavy atom. The predicted octanol–water partition coefficient (Wildman–Crippen LogP) is 2.40. The Morgan fingerprint density at radius 1 is 1.43 bits per heavy atom. The van der Waals surface area contributed by atoms with Gasteiger partial charge < -0.3 is 5.32 Å². The van der Waals surface area contributed by atoms with Gasteiger partial charge in [-0.05, 0) is 28.1 Å².